The van der Waals surface area contributed by atoms with Crippen LogP contribution in [0.1, 0.15) is 34.0 Å². The molecule has 1 aliphatic heterocycles. The summed E-state index contributed by atoms with van der Waals surface area (Å²) < 4.78 is 32.3. The number of carbonyl (C=O) groups excluding carboxylic acids is 1. The van der Waals surface area contributed by atoms with E-state index in [9.17, 15) is 4.79 Å². The lowest BCUT2D eigenvalue weighted by atomic mass is 9.98. The largest absolute Gasteiger partial charge is 0.452 e. The summed E-state index contributed by atoms with van der Waals surface area (Å²) in [5.74, 6) is 0.340. The van der Waals surface area contributed by atoms with Crippen molar-refractivity contribution in [2.24, 2.45) is 0 Å². The van der Waals surface area contributed by atoms with Crippen LogP contribution < -0.4 is 0 Å². The van der Waals surface area contributed by atoms with Crippen molar-refractivity contribution in [3.05, 3.63) is 144 Å². The zero-order valence-corrected chi connectivity index (χ0v) is 25.1. The molecule has 6 nitrogen and oxygen atoms in total. The van der Waals surface area contributed by atoms with Crippen molar-refractivity contribution in [1.82, 2.24) is 0 Å². The molecule has 4 aromatic rings. The molecule has 0 spiro atoms. The van der Waals surface area contributed by atoms with Crippen LogP contribution in [0.2, 0.25) is 0 Å². The lowest BCUT2D eigenvalue weighted by Crippen LogP contribution is -2.60. The Kier molecular flexibility index (Phi) is 11.8. The molecule has 0 amide bonds. The Bertz CT molecular complexity index is 1360. The third kappa shape index (κ3) is 9.02. The molecule has 5 atom stereocenters. The number of ether oxygens (including phenoxy) is 5. The Labute approximate surface area is 258 Å². The summed E-state index contributed by atoms with van der Waals surface area (Å²) >= 11 is 1.58. The van der Waals surface area contributed by atoms with E-state index in [-0.39, 0.29) is 0 Å². The Morgan fingerprint density at radius 2 is 1.14 bits per heavy atom. The minimum Gasteiger partial charge on any atom is -0.452 e. The SMILES string of the molecule is CCS[C@@H]1OC(COCc2ccccc2)[C@@H](OCc2ccccc2)[C@H](OCc2ccccc2)C1OC(=O)c1ccccc1. The second kappa shape index (κ2) is 16.4. The molecule has 43 heavy (non-hydrogen) atoms. The van der Waals surface area contributed by atoms with Gasteiger partial charge < -0.3 is 23.7 Å². The molecular formula is C36H38O6S. The molecule has 4 aromatic carbocycles. The van der Waals surface area contributed by atoms with Crippen LogP contribution in [0.4, 0.5) is 0 Å². The van der Waals surface area contributed by atoms with E-state index in [1.807, 2.05) is 109 Å². The van der Waals surface area contributed by atoms with E-state index >= 15 is 0 Å². The topological polar surface area (TPSA) is 63.2 Å². The van der Waals surface area contributed by atoms with Crippen molar-refractivity contribution < 1.29 is 28.5 Å². The van der Waals surface area contributed by atoms with Gasteiger partial charge in [0, 0.05) is 0 Å². The van der Waals surface area contributed by atoms with Crippen LogP contribution in [0.15, 0.2) is 121 Å². The molecule has 2 unspecified atom stereocenters. The minimum absolute atomic E-state index is 0.291. The summed E-state index contributed by atoms with van der Waals surface area (Å²) in [6.07, 6.45) is -2.35. The molecule has 224 valence electrons. The molecule has 7 heteroatoms. The van der Waals surface area contributed by atoms with E-state index in [0.717, 1.165) is 22.4 Å². The number of hydrogen-bond donors (Lipinski definition) is 0. The highest BCUT2D eigenvalue weighted by Crippen LogP contribution is 2.35. The van der Waals surface area contributed by atoms with E-state index in [2.05, 4.69) is 6.92 Å². The average Bonchev–Trinajstić information content (AvgIpc) is 3.06. The summed E-state index contributed by atoms with van der Waals surface area (Å²) in [4.78, 5) is 13.4. The molecule has 0 saturated carbocycles. The first kappa shape index (κ1) is 31.0. The van der Waals surface area contributed by atoms with E-state index in [0.29, 0.717) is 32.0 Å². The van der Waals surface area contributed by atoms with Gasteiger partial charge in [-0.25, -0.2) is 4.79 Å². The maximum Gasteiger partial charge on any atom is 0.338 e. The van der Waals surface area contributed by atoms with Crippen LogP contribution in [-0.4, -0.2) is 48.2 Å². The highest BCUT2D eigenvalue weighted by atomic mass is 32.2. The fourth-order valence-corrected chi connectivity index (χ4v) is 5.94. The van der Waals surface area contributed by atoms with E-state index in [4.69, 9.17) is 23.7 Å². The molecule has 0 radical (unpaired) electrons. The molecule has 1 fully saturated rings. The van der Waals surface area contributed by atoms with Crippen LogP contribution in [0.25, 0.3) is 0 Å². The molecule has 0 aliphatic carbocycles. The summed E-state index contributed by atoms with van der Waals surface area (Å²) in [5, 5.41) is 0. The zero-order valence-electron chi connectivity index (χ0n) is 24.3. The van der Waals surface area contributed by atoms with Crippen molar-refractivity contribution in [3.8, 4) is 0 Å². The average molecular weight is 599 g/mol. The number of rotatable bonds is 14. The van der Waals surface area contributed by atoms with Gasteiger partial charge in [0.2, 0.25) is 0 Å². The molecule has 5 rings (SSSR count). The maximum atomic E-state index is 13.4. The van der Waals surface area contributed by atoms with E-state index in [1.165, 1.54) is 0 Å². The van der Waals surface area contributed by atoms with Gasteiger partial charge in [0.25, 0.3) is 0 Å². The second-order valence-electron chi connectivity index (χ2n) is 10.3. The molecule has 0 aromatic heterocycles. The Morgan fingerprint density at radius 3 is 1.67 bits per heavy atom. The highest BCUT2D eigenvalue weighted by molar-refractivity contribution is 7.99. The third-order valence-electron chi connectivity index (χ3n) is 7.14. The molecular weight excluding hydrogens is 560 g/mol. The first-order chi connectivity index (χ1) is 21.2. The van der Waals surface area contributed by atoms with Gasteiger partial charge in [0.15, 0.2) is 6.10 Å². The molecule has 1 aliphatic rings. The fourth-order valence-electron chi connectivity index (χ4n) is 4.99. The lowest BCUT2D eigenvalue weighted by molar-refractivity contribution is -0.242. The summed E-state index contributed by atoms with van der Waals surface area (Å²) in [6, 6.07) is 39.0. The molecule has 1 heterocycles. The van der Waals surface area contributed by atoms with Gasteiger partial charge in [0.1, 0.15) is 23.7 Å². The van der Waals surface area contributed by atoms with Crippen molar-refractivity contribution in [2.75, 3.05) is 12.4 Å². The number of esters is 1. The smallest absolute Gasteiger partial charge is 0.338 e. The number of hydrogen-bond acceptors (Lipinski definition) is 7. The van der Waals surface area contributed by atoms with Gasteiger partial charge in [-0.3, -0.25) is 0 Å². The van der Waals surface area contributed by atoms with Crippen molar-refractivity contribution >= 4 is 17.7 Å². The third-order valence-corrected chi connectivity index (χ3v) is 8.18. The molecule has 0 N–H and O–H groups in total. The predicted octanol–water partition coefficient (Wildman–Crippen LogP) is 7.08. The normalized spacial score (nSPS) is 21.7. The van der Waals surface area contributed by atoms with Gasteiger partial charge >= 0.3 is 5.97 Å². The van der Waals surface area contributed by atoms with Crippen LogP contribution in [0.3, 0.4) is 0 Å². The number of benzene rings is 4. The van der Waals surface area contributed by atoms with Gasteiger partial charge in [-0.1, -0.05) is 116 Å². The summed E-state index contributed by atoms with van der Waals surface area (Å²) in [7, 11) is 0. The summed E-state index contributed by atoms with van der Waals surface area (Å²) in [6.45, 7) is 3.47. The van der Waals surface area contributed by atoms with Gasteiger partial charge in [-0.15, -0.1) is 11.8 Å². The first-order valence-electron chi connectivity index (χ1n) is 14.7. The maximum absolute atomic E-state index is 13.4. The summed E-state index contributed by atoms with van der Waals surface area (Å²) in [5.41, 5.74) is 3.11. The highest BCUT2D eigenvalue weighted by Gasteiger charge is 2.50. The zero-order chi connectivity index (χ0) is 29.7. The Hall–Kier alpha value is -3.46. The monoisotopic (exact) mass is 598 g/mol. The number of thioether (sulfide) groups is 1. The second-order valence-corrected chi connectivity index (χ2v) is 11.6. The molecule has 1 saturated heterocycles. The van der Waals surface area contributed by atoms with E-state index < -0.39 is 35.8 Å². The van der Waals surface area contributed by atoms with Crippen LogP contribution in [0, 0.1) is 0 Å². The van der Waals surface area contributed by atoms with Crippen LogP contribution >= 0.6 is 11.8 Å². The fraction of sp³-hybridized carbons (Fsp3) is 0.306. The van der Waals surface area contributed by atoms with Crippen LogP contribution in [-0.2, 0) is 43.5 Å². The minimum atomic E-state index is -0.715. The predicted molar refractivity (Wildman–Crippen MR) is 169 cm³/mol. The van der Waals surface area contributed by atoms with Crippen molar-refractivity contribution in [2.45, 2.75) is 56.6 Å². The standard InChI is InChI=1S/C36H38O6S/c1-2-43-36-34(42-35(37)30-21-13-6-14-22-30)33(40-25-29-19-11-5-12-20-29)32(39-24-28-17-9-4-10-18-28)31(41-36)26-38-23-27-15-7-3-8-16-27/h3-22,31-34,36H,2,23-26H2,1H3/t31?,32-,33+,34?,36+/m1/s1. The molecule has 0 bridgehead atoms. The van der Waals surface area contributed by atoms with Gasteiger partial charge in [-0.05, 0) is 34.6 Å². The van der Waals surface area contributed by atoms with Crippen molar-refractivity contribution in [3.63, 3.8) is 0 Å². The lowest BCUT2D eigenvalue weighted by Gasteiger charge is -2.45. The van der Waals surface area contributed by atoms with Crippen molar-refractivity contribution in [1.29, 1.82) is 0 Å². The van der Waals surface area contributed by atoms with E-state index in [1.54, 1.807) is 23.9 Å². The Morgan fingerprint density at radius 1 is 0.651 bits per heavy atom. The first-order valence-corrected chi connectivity index (χ1v) is 15.7. The number of carbonyl (C=O) groups is 1. The quantitative estimate of drug-likeness (QED) is 0.144. The van der Waals surface area contributed by atoms with Crippen LogP contribution in [0.5, 0.6) is 0 Å². The van der Waals surface area contributed by atoms with Gasteiger partial charge in [-0.2, -0.15) is 0 Å². The van der Waals surface area contributed by atoms with Gasteiger partial charge in [0.05, 0.1) is 32.0 Å². The Balaban J connectivity index is 1.43.